The molecule has 1 aliphatic carbocycles. The van der Waals surface area contributed by atoms with E-state index in [1.165, 1.54) is 5.57 Å². The summed E-state index contributed by atoms with van der Waals surface area (Å²) < 4.78 is 0. The van der Waals surface area contributed by atoms with Gasteiger partial charge in [0.2, 0.25) is 0 Å². The lowest BCUT2D eigenvalue weighted by Crippen LogP contribution is -2.45. The molecule has 30 heavy (non-hydrogen) atoms. The van der Waals surface area contributed by atoms with Crippen molar-refractivity contribution in [2.75, 3.05) is 0 Å². The topological polar surface area (TPSA) is 60.7 Å². The lowest BCUT2D eigenvalue weighted by molar-refractivity contribution is -0.0283. The molecule has 1 saturated carbocycles. The molecule has 0 heterocycles. The van der Waals surface area contributed by atoms with Crippen LogP contribution in [0.25, 0.3) is 0 Å². The average molecular weight is 413 g/mol. The van der Waals surface area contributed by atoms with Gasteiger partial charge in [0.1, 0.15) is 0 Å². The molecular formula is C27H40O3. The van der Waals surface area contributed by atoms with Crippen molar-refractivity contribution in [2.45, 2.75) is 78.6 Å². The van der Waals surface area contributed by atoms with E-state index in [0.29, 0.717) is 6.42 Å². The van der Waals surface area contributed by atoms with Gasteiger partial charge in [-0.25, -0.2) is 0 Å². The number of aliphatic hydroxyl groups is 3. The number of hydrogen-bond acceptors (Lipinski definition) is 3. The van der Waals surface area contributed by atoms with Crippen LogP contribution in [0, 0.1) is 5.41 Å². The molecule has 0 aromatic rings. The molecule has 3 unspecified atom stereocenters. The molecular weight excluding hydrogens is 372 g/mol. The Morgan fingerprint density at radius 2 is 1.70 bits per heavy atom. The van der Waals surface area contributed by atoms with Gasteiger partial charge in [-0.05, 0) is 63.2 Å². The first kappa shape index (κ1) is 26.1. The molecule has 3 nitrogen and oxygen atoms in total. The first-order valence-electron chi connectivity index (χ1n) is 10.7. The Morgan fingerprint density at radius 1 is 1.07 bits per heavy atom. The molecule has 0 aromatic heterocycles. The maximum atomic E-state index is 10.8. The van der Waals surface area contributed by atoms with E-state index >= 15 is 0 Å². The number of hydrogen-bond donors (Lipinski definition) is 3. The van der Waals surface area contributed by atoms with Crippen molar-refractivity contribution < 1.29 is 15.3 Å². The van der Waals surface area contributed by atoms with E-state index in [1.54, 1.807) is 13.0 Å². The van der Waals surface area contributed by atoms with Gasteiger partial charge in [-0.15, -0.1) is 6.58 Å². The van der Waals surface area contributed by atoms with Crippen molar-refractivity contribution in [3.05, 3.63) is 83.6 Å². The van der Waals surface area contributed by atoms with Gasteiger partial charge in [0, 0.05) is 6.42 Å². The van der Waals surface area contributed by atoms with Gasteiger partial charge in [-0.1, -0.05) is 73.6 Å². The Morgan fingerprint density at radius 3 is 2.30 bits per heavy atom. The second kappa shape index (κ2) is 11.5. The van der Waals surface area contributed by atoms with E-state index in [1.807, 2.05) is 70.2 Å². The van der Waals surface area contributed by atoms with E-state index in [-0.39, 0.29) is 11.8 Å². The van der Waals surface area contributed by atoms with E-state index in [4.69, 9.17) is 0 Å². The third-order valence-corrected chi connectivity index (χ3v) is 5.51. The molecule has 0 aromatic carbocycles. The van der Waals surface area contributed by atoms with Crippen LogP contribution in [0.1, 0.15) is 60.8 Å². The van der Waals surface area contributed by atoms with Gasteiger partial charge in [-0.3, -0.25) is 0 Å². The Labute approximate surface area is 183 Å². The molecule has 3 atom stereocenters. The molecule has 0 radical (unpaired) electrons. The Bertz CT molecular complexity index is 750. The van der Waals surface area contributed by atoms with Gasteiger partial charge in [0.25, 0.3) is 0 Å². The molecule has 0 aliphatic heterocycles. The first-order valence-corrected chi connectivity index (χ1v) is 10.7. The van der Waals surface area contributed by atoms with Crippen molar-refractivity contribution in [1.29, 1.82) is 0 Å². The van der Waals surface area contributed by atoms with Crippen LogP contribution in [0.3, 0.4) is 0 Å². The number of allylic oxidation sites excluding steroid dienone is 10. The predicted octanol–water partition coefficient (Wildman–Crippen LogP) is 5.73. The minimum Gasteiger partial charge on any atom is -0.393 e. The molecule has 0 amide bonds. The number of rotatable bonds is 8. The van der Waals surface area contributed by atoms with Crippen LogP contribution in [0.5, 0.6) is 0 Å². The van der Waals surface area contributed by atoms with Crippen LogP contribution in [0.2, 0.25) is 0 Å². The molecule has 0 saturated heterocycles. The van der Waals surface area contributed by atoms with Crippen molar-refractivity contribution >= 4 is 0 Å². The Hall–Kier alpha value is -1.94. The van der Waals surface area contributed by atoms with E-state index in [0.717, 1.165) is 23.1 Å². The van der Waals surface area contributed by atoms with Crippen LogP contribution in [-0.2, 0) is 0 Å². The molecule has 3 N–H and O–H groups in total. The summed E-state index contributed by atoms with van der Waals surface area (Å²) in [6, 6.07) is 0. The van der Waals surface area contributed by atoms with Crippen molar-refractivity contribution in [2.24, 2.45) is 5.41 Å². The third kappa shape index (κ3) is 8.43. The van der Waals surface area contributed by atoms with Crippen LogP contribution < -0.4 is 0 Å². The lowest BCUT2D eigenvalue weighted by atomic mass is 9.64. The fraction of sp³-hybridized carbons (Fsp3) is 0.481. The zero-order chi connectivity index (χ0) is 22.9. The maximum absolute atomic E-state index is 10.8. The summed E-state index contributed by atoms with van der Waals surface area (Å²) in [4.78, 5) is 0. The lowest BCUT2D eigenvalue weighted by Gasteiger charge is -2.45. The zero-order valence-electron chi connectivity index (χ0n) is 19.5. The molecule has 1 fully saturated rings. The Kier molecular flexibility index (Phi) is 9.96. The van der Waals surface area contributed by atoms with E-state index < -0.39 is 17.8 Å². The van der Waals surface area contributed by atoms with Gasteiger partial charge >= 0.3 is 0 Å². The first-order chi connectivity index (χ1) is 13.9. The number of aliphatic hydroxyl groups excluding tert-OH is 2. The van der Waals surface area contributed by atoms with Crippen molar-refractivity contribution in [3.8, 4) is 0 Å². The van der Waals surface area contributed by atoms with Crippen LogP contribution in [0.4, 0.5) is 0 Å². The van der Waals surface area contributed by atoms with Crippen molar-refractivity contribution in [3.63, 3.8) is 0 Å². The minimum atomic E-state index is -1.12. The quantitative estimate of drug-likeness (QED) is 0.352. The highest BCUT2D eigenvalue weighted by molar-refractivity contribution is 5.32. The second-order valence-electron chi connectivity index (χ2n) is 9.32. The predicted molar refractivity (Wildman–Crippen MR) is 128 cm³/mol. The highest BCUT2D eigenvalue weighted by Gasteiger charge is 2.44. The molecule has 3 heteroatoms. The van der Waals surface area contributed by atoms with E-state index in [2.05, 4.69) is 19.6 Å². The molecule has 166 valence electrons. The summed E-state index contributed by atoms with van der Waals surface area (Å²) in [7, 11) is 0. The molecule has 0 spiro atoms. The van der Waals surface area contributed by atoms with Gasteiger partial charge in [0.05, 0.1) is 17.8 Å². The standard InChI is InChI=1S/C27H40O3/c1-8-12-20(2)13-9-10-14-21(3)15-11-16-22(4)24(29)17-25-26(5,6)18-23(28)19-27(25,7)30/h8-11,13-17,23-24,28-30H,1,12,18-19H2,2-7H3. The minimum absolute atomic E-state index is 0.289. The SMILES string of the molecule is C=CCC(C)=CC=CC=C(C)C=CC=C(C)C(O)C=C1C(C)(C)CC(O)CC1(C)O. The maximum Gasteiger partial charge on any atom is 0.0936 e. The summed E-state index contributed by atoms with van der Waals surface area (Å²) in [5.41, 5.74) is 2.45. The summed E-state index contributed by atoms with van der Waals surface area (Å²) in [5.74, 6) is 0. The highest BCUT2D eigenvalue weighted by atomic mass is 16.3. The van der Waals surface area contributed by atoms with E-state index in [9.17, 15) is 15.3 Å². The van der Waals surface area contributed by atoms with Crippen LogP contribution in [-0.4, -0.2) is 33.1 Å². The highest BCUT2D eigenvalue weighted by Crippen LogP contribution is 2.46. The van der Waals surface area contributed by atoms with Crippen LogP contribution in [0.15, 0.2) is 83.6 Å². The zero-order valence-corrected chi connectivity index (χ0v) is 19.5. The smallest absolute Gasteiger partial charge is 0.0936 e. The second-order valence-corrected chi connectivity index (χ2v) is 9.32. The largest absolute Gasteiger partial charge is 0.393 e. The molecule has 1 aliphatic rings. The molecule has 0 bridgehead atoms. The normalized spacial score (nSPS) is 28.5. The summed E-state index contributed by atoms with van der Waals surface area (Å²) in [6.07, 6.45) is 18.0. The summed E-state index contributed by atoms with van der Waals surface area (Å²) in [5, 5.41) is 31.5. The Balaban J connectivity index is 2.84. The van der Waals surface area contributed by atoms with Gasteiger partial charge in [-0.2, -0.15) is 0 Å². The van der Waals surface area contributed by atoms with Crippen LogP contribution >= 0.6 is 0 Å². The average Bonchev–Trinajstić information content (AvgIpc) is 2.60. The molecule has 1 rings (SSSR count). The fourth-order valence-corrected chi connectivity index (χ4v) is 3.99. The van der Waals surface area contributed by atoms with Gasteiger partial charge in [0.15, 0.2) is 0 Å². The fourth-order valence-electron chi connectivity index (χ4n) is 3.99. The van der Waals surface area contributed by atoms with Crippen molar-refractivity contribution in [1.82, 2.24) is 0 Å². The third-order valence-electron chi connectivity index (χ3n) is 5.51. The summed E-state index contributed by atoms with van der Waals surface area (Å²) >= 11 is 0. The monoisotopic (exact) mass is 412 g/mol. The van der Waals surface area contributed by atoms with Gasteiger partial charge < -0.3 is 15.3 Å². The summed E-state index contributed by atoms with van der Waals surface area (Å²) in [6.45, 7) is 15.4.